The van der Waals surface area contributed by atoms with Gasteiger partial charge in [0.25, 0.3) is 0 Å². The average molecular weight is 210 g/mol. The number of hydrogen-bond acceptors (Lipinski definition) is 2. The Morgan fingerprint density at radius 3 is 2.67 bits per heavy atom. The minimum Gasteiger partial charge on any atom is -0.314 e. The van der Waals surface area contributed by atoms with Gasteiger partial charge in [-0.2, -0.15) is 0 Å². The molecule has 0 aliphatic carbocycles. The first kappa shape index (κ1) is 12.7. The van der Waals surface area contributed by atoms with Crippen molar-refractivity contribution in [2.45, 2.75) is 40.2 Å². The fraction of sp³-hybridized carbons (Fsp3) is 0.846. The minimum absolute atomic E-state index is 0.607. The first-order valence-electron chi connectivity index (χ1n) is 6.19. The standard InChI is InChI=1S/C13H26N2/c1-11(2)14-9-13(4)10-15-7-5-12(3)6-8-15/h5,11,13-14H,6-10H2,1-4H3. The van der Waals surface area contributed by atoms with Crippen molar-refractivity contribution >= 4 is 0 Å². The summed E-state index contributed by atoms with van der Waals surface area (Å²) >= 11 is 0. The molecule has 1 rings (SSSR count). The predicted molar refractivity (Wildman–Crippen MR) is 67.1 cm³/mol. The summed E-state index contributed by atoms with van der Waals surface area (Å²) in [5.41, 5.74) is 1.55. The van der Waals surface area contributed by atoms with E-state index in [2.05, 4.69) is 44.0 Å². The van der Waals surface area contributed by atoms with Gasteiger partial charge in [-0.1, -0.05) is 32.4 Å². The molecule has 1 aliphatic heterocycles. The monoisotopic (exact) mass is 210 g/mol. The van der Waals surface area contributed by atoms with Crippen LogP contribution in [0.1, 0.15) is 34.1 Å². The maximum atomic E-state index is 3.50. The first-order valence-corrected chi connectivity index (χ1v) is 6.19. The molecule has 0 saturated heterocycles. The van der Waals surface area contributed by atoms with Crippen LogP contribution in [0.25, 0.3) is 0 Å². The van der Waals surface area contributed by atoms with Gasteiger partial charge in [-0.3, -0.25) is 4.90 Å². The summed E-state index contributed by atoms with van der Waals surface area (Å²) in [5, 5.41) is 3.50. The molecule has 0 radical (unpaired) electrons. The van der Waals surface area contributed by atoms with E-state index in [-0.39, 0.29) is 0 Å². The minimum atomic E-state index is 0.607. The summed E-state index contributed by atoms with van der Waals surface area (Å²) in [7, 11) is 0. The molecule has 0 aromatic rings. The molecule has 1 atom stereocenters. The molecular weight excluding hydrogens is 184 g/mol. The molecule has 15 heavy (non-hydrogen) atoms. The number of nitrogens with one attached hydrogen (secondary N) is 1. The van der Waals surface area contributed by atoms with Gasteiger partial charge < -0.3 is 5.32 Å². The zero-order chi connectivity index (χ0) is 11.3. The Hall–Kier alpha value is -0.340. The van der Waals surface area contributed by atoms with Crippen LogP contribution in [-0.2, 0) is 0 Å². The molecule has 0 bridgehead atoms. The van der Waals surface area contributed by atoms with Crippen molar-refractivity contribution in [3.8, 4) is 0 Å². The Labute approximate surface area is 94.7 Å². The van der Waals surface area contributed by atoms with E-state index >= 15 is 0 Å². The van der Waals surface area contributed by atoms with Gasteiger partial charge in [0.05, 0.1) is 0 Å². The molecule has 0 saturated carbocycles. The second-order valence-electron chi connectivity index (χ2n) is 5.23. The largest absolute Gasteiger partial charge is 0.314 e. The van der Waals surface area contributed by atoms with E-state index in [1.54, 1.807) is 5.57 Å². The zero-order valence-corrected chi connectivity index (χ0v) is 10.7. The highest BCUT2D eigenvalue weighted by atomic mass is 15.1. The van der Waals surface area contributed by atoms with Gasteiger partial charge in [0.1, 0.15) is 0 Å². The fourth-order valence-corrected chi connectivity index (χ4v) is 1.92. The summed E-state index contributed by atoms with van der Waals surface area (Å²) in [6.45, 7) is 13.7. The lowest BCUT2D eigenvalue weighted by Crippen LogP contribution is -2.37. The summed E-state index contributed by atoms with van der Waals surface area (Å²) in [4.78, 5) is 2.56. The van der Waals surface area contributed by atoms with Crippen molar-refractivity contribution in [2.75, 3.05) is 26.2 Å². The quantitative estimate of drug-likeness (QED) is 0.700. The molecule has 0 aromatic heterocycles. The average Bonchev–Trinajstić information content (AvgIpc) is 2.19. The third-order valence-electron chi connectivity index (χ3n) is 2.96. The van der Waals surface area contributed by atoms with Crippen LogP contribution >= 0.6 is 0 Å². The van der Waals surface area contributed by atoms with Gasteiger partial charge >= 0.3 is 0 Å². The molecule has 2 nitrogen and oxygen atoms in total. The van der Waals surface area contributed by atoms with Crippen molar-refractivity contribution in [1.82, 2.24) is 10.2 Å². The molecule has 1 unspecified atom stereocenters. The normalized spacial score (nSPS) is 20.5. The van der Waals surface area contributed by atoms with Crippen LogP contribution in [0, 0.1) is 5.92 Å². The van der Waals surface area contributed by atoms with E-state index in [1.807, 2.05) is 0 Å². The lowest BCUT2D eigenvalue weighted by atomic mass is 10.1. The highest BCUT2D eigenvalue weighted by Gasteiger charge is 2.12. The van der Waals surface area contributed by atoms with Gasteiger partial charge in [-0.15, -0.1) is 0 Å². The van der Waals surface area contributed by atoms with E-state index in [0.29, 0.717) is 6.04 Å². The van der Waals surface area contributed by atoms with Crippen LogP contribution in [0.3, 0.4) is 0 Å². The van der Waals surface area contributed by atoms with E-state index in [1.165, 1.54) is 19.5 Å². The van der Waals surface area contributed by atoms with Gasteiger partial charge in [0.15, 0.2) is 0 Å². The van der Waals surface area contributed by atoms with Gasteiger partial charge in [-0.05, 0) is 25.8 Å². The number of hydrogen-bond donors (Lipinski definition) is 1. The molecule has 2 heteroatoms. The van der Waals surface area contributed by atoms with Crippen molar-refractivity contribution in [2.24, 2.45) is 5.92 Å². The first-order chi connectivity index (χ1) is 7.08. The number of nitrogens with zero attached hydrogens (tertiary/aromatic N) is 1. The highest BCUT2D eigenvalue weighted by Crippen LogP contribution is 2.11. The zero-order valence-electron chi connectivity index (χ0n) is 10.7. The van der Waals surface area contributed by atoms with Crippen LogP contribution in [-0.4, -0.2) is 37.1 Å². The lowest BCUT2D eigenvalue weighted by molar-refractivity contribution is 0.248. The second kappa shape index (κ2) is 6.29. The Morgan fingerprint density at radius 2 is 2.13 bits per heavy atom. The summed E-state index contributed by atoms with van der Waals surface area (Å²) in [5.74, 6) is 0.749. The predicted octanol–water partition coefficient (Wildman–Crippen LogP) is 2.27. The van der Waals surface area contributed by atoms with E-state index < -0.39 is 0 Å². The topological polar surface area (TPSA) is 15.3 Å². The van der Waals surface area contributed by atoms with E-state index in [4.69, 9.17) is 0 Å². The summed E-state index contributed by atoms with van der Waals surface area (Å²) < 4.78 is 0. The second-order valence-corrected chi connectivity index (χ2v) is 5.23. The van der Waals surface area contributed by atoms with Crippen molar-refractivity contribution < 1.29 is 0 Å². The molecule has 1 heterocycles. The Bertz CT molecular complexity index is 209. The smallest absolute Gasteiger partial charge is 0.0165 e. The summed E-state index contributed by atoms with van der Waals surface area (Å²) in [6, 6.07) is 0.607. The van der Waals surface area contributed by atoms with Crippen LogP contribution < -0.4 is 5.32 Å². The molecule has 1 N–H and O–H groups in total. The third kappa shape index (κ3) is 5.33. The summed E-state index contributed by atoms with van der Waals surface area (Å²) in [6.07, 6.45) is 3.62. The van der Waals surface area contributed by atoms with Crippen LogP contribution in [0.5, 0.6) is 0 Å². The van der Waals surface area contributed by atoms with Crippen molar-refractivity contribution in [3.63, 3.8) is 0 Å². The van der Waals surface area contributed by atoms with Crippen LogP contribution in [0.15, 0.2) is 11.6 Å². The lowest BCUT2D eigenvalue weighted by Gasteiger charge is -2.28. The Kier molecular flexibility index (Phi) is 5.34. The molecule has 0 spiro atoms. The fourth-order valence-electron chi connectivity index (χ4n) is 1.92. The molecular formula is C13H26N2. The van der Waals surface area contributed by atoms with E-state index in [0.717, 1.165) is 19.0 Å². The molecule has 0 fully saturated rings. The highest BCUT2D eigenvalue weighted by molar-refractivity contribution is 5.03. The maximum Gasteiger partial charge on any atom is 0.0165 e. The third-order valence-corrected chi connectivity index (χ3v) is 2.96. The van der Waals surface area contributed by atoms with Crippen LogP contribution in [0.2, 0.25) is 0 Å². The van der Waals surface area contributed by atoms with E-state index in [9.17, 15) is 0 Å². The Morgan fingerprint density at radius 1 is 1.40 bits per heavy atom. The molecule has 1 aliphatic rings. The molecule has 0 aromatic carbocycles. The van der Waals surface area contributed by atoms with Gasteiger partial charge in [0.2, 0.25) is 0 Å². The van der Waals surface area contributed by atoms with Crippen molar-refractivity contribution in [1.29, 1.82) is 0 Å². The Balaban J connectivity index is 2.18. The molecule has 0 amide bonds. The van der Waals surface area contributed by atoms with Crippen molar-refractivity contribution in [3.05, 3.63) is 11.6 Å². The van der Waals surface area contributed by atoms with Gasteiger partial charge in [-0.25, -0.2) is 0 Å². The maximum absolute atomic E-state index is 3.50. The van der Waals surface area contributed by atoms with Crippen LogP contribution in [0.4, 0.5) is 0 Å². The molecule has 88 valence electrons. The number of rotatable bonds is 5. The van der Waals surface area contributed by atoms with Gasteiger partial charge in [0, 0.05) is 25.7 Å². The SMILES string of the molecule is CC1=CCN(CC(C)CNC(C)C)CC1.